The summed E-state index contributed by atoms with van der Waals surface area (Å²) < 4.78 is 5.23. The van der Waals surface area contributed by atoms with E-state index in [0.29, 0.717) is 6.54 Å². The van der Waals surface area contributed by atoms with Crippen molar-refractivity contribution in [3.63, 3.8) is 0 Å². The minimum atomic E-state index is -0.0375. The number of rotatable bonds is 3. The molecular formula is C14H17N5O. The summed E-state index contributed by atoms with van der Waals surface area (Å²) in [5, 5.41) is 4.21. The number of imidazole rings is 1. The number of para-hydroxylation sites is 2. The molecule has 0 saturated heterocycles. The number of hydrogen-bond donors (Lipinski definition) is 0. The van der Waals surface area contributed by atoms with Crippen LogP contribution in [0.25, 0.3) is 11.0 Å². The van der Waals surface area contributed by atoms with Crippen molar-refractivity contribution in [3.8, 4) is 0 Å². The fourth-order valence-electron chi connectivity index (χ4n) is 2.48. The minimum absolute atomic E-state index is 0.0375. The molecule has 0 aliphatic carbocycles. The number of nitrogens with zero attached hydrogens (tertiary/aromatic N) is 5. The average Bonchev–Trinajstić information content (AvgIpc) is 2.99. The van der Waals surface area contributed by atoms with Crippen molar-refractivity contribution >= 4 is 11.0 Å². The Bertz CT molecular complexity index is 808. The van der Waals surface area contributed by atoms with E-state index in [9.17, 15) is 4.79 Å². The summed E-state index contributed by atoms with van der Waals surface area (Å²) >= 11 is 0. The third kappa shape index (κ3) is 1.84. The van der Waals surface area contributed by atoms with Gasteiger partial charge >= 0.3 is 5.69 Å². The molecule has 0 fully saturated rings. The Hall–Kier alpha value is -2.37. The standard InChI is InChI=1S/C14H17N5O/c1-10(2)19-13(15-9-16-19)8-18-12-7-5-4-6-11(12)17(3)14(18)20/h4-7,9-10H,8H2,1-3H3. The molecule has 2 aromatic heterocycles. The highest BCUT2D eigenvalue weighted by Gasteiger charge is 2.14. The molecule has 0 amide bonds. The predicted octanol–water partition coefficient (Wildman–Crippen LogP) is 1.56. The van der Waals surface area contributed by atoms with E-state index < -0.39 is 0 Å². The van der Waals surface area contributed by atoms with Crippen LogP contribution in [0.15, 0.2) is 35.4 Å². The molecule has 20 heavy (non-hydrogen) atoms. The average molecular weight is 271 g/mol. The van der Waals surface area contributed by atoms with Crippen LogP contribution in [0.3, 0.4) is 0 Å². The van der Waals surface area contributed by atoms with Crippen LogP contribution in [0.1, 0.15) is 25.7 Å². The second-order valence-electron chi connectivity index (χ2n) is 5.13. The van der Waals surface area contributed by atoms with E-state index in [4.69, 9.17) is 0 Å². The van der Waals surface area contributed by atoms with Gasteiger partial charge in [0.15, 0.2) is 0 Å². The van der Waals surface area contributed by atoms with Gasteiger partial charge in [-0.1, -0.05) is 12.1 Å². The maximum absolute atomic E-state index is 12.4. The summed E-state index contributed by atoms with van der Waals surface area (Å²) in [4.78, 5) is 16.6. The molecule has 1 aromatic carbocycles. The van der Waals surface area contributed by atoms with Crippen LogP contribution in [0.2, 0.25) is 0 Å². The largest absolute Gasteiger partial charge is 0.329 e. The molecule has 0 unspecified atom stereocenters. The first-order valence-corrected chi connectivity index (χ1v) is 6.62. The van der Waals surface area contributed by atoms with Gasteiger partial charge < -0.3 is 0 Å². The van der Waals surface area contributed by atoms with Crippen molar-refractivity contribution in [3.05, 3.63) is 46.9 Å². The van der Waals surface area contributed by atoms with Crippen molar-refractivity contribution < 1.29 is 0 Å². The second-order valence-corrected chi connectivity index (χ2v) is 5.13. The van der Waals surface area contributed by atoms with E-state index in [1.54, 1.807) is 16.2 Å². The molecule has 3 aromatic rings. The predicted molar refractivity (Wildman–Crippen MR) is 76.7 cm³/mol. The molecule has 0 bridgehead atoms. The van der Waals surface area contributed by atoms with Gasteiger partial charge in [0, 0.05) is 13.1 Å². The van der Waals surface area contributed by atoms with Gasteiger partial charge in [-0.15, -0.1) is 0 Å². The lowest BCUT2D eigenvalue weighted by atomic mass is 10.3. The Balaban J connectivity index is 2.14. The third-order valence-electron chi connectivity index (χ3n) is 3.49. The molecule has 0 aliphatic rings. The number of aromatic nitrogens is 5. The highest BCUT2D eigenvalue weighted by molar-refractivity contribution is 5.75. The molecule has 0 atom stereocenters. The van der Waals surface area contributed by atoms with Gasteiger partial charge in [-0.2, -0.15) is 5.10 Å². The smallest absolute Gasteiger partial charge is 0.295 e. The van der Waals surface area contributed by atoms with E-state index in [2.05, 4.69) is 10.1 Å². The van der Waals surface area contributed by atoms with E-state index in [-0.39, 0.29) is 11.7 Å². The quantitative estimate of drug-likeness (QED) is 0.726. The molecule has 6 nitrogen and oxygen atoms in total. The Morgan fingerprint density at radius 2 is 1.90 bits per heavy atom. The first-order chi connectivity index (χ1) is 9.59. The number of hydrogen-bond acceptors (Lipinski definition) is 3. The first-order valence-electron chi connectivity index (χ1n) is 6.62. The summed E-state index contributed by atoms with van der Waals surface area (Å²) in [6.07, 6.45) is 1.53. The van der Waals surface area contributed by atoms with Crippen LogP contribution in [-0.4, -0.2) is 23.9 Å². The summed E-state index contributed by atoms with van der Waals surface area (Å²) in [5.74, 6) is 0.790. The minimum Gasteiger partial charge on any atom is -0.295 e. The molecule has 2 heterocycles. The van der Waals surface area contributed by atoms with Gasteiger partial charge in [-0.05, 0) is 26.0 Å². The fraction of sp³-hybridized carbons (Fsp3) is 0.357. The number of fused-ring (bicyclic) bond motifs is 1. The summed E-state index contributed by atoms with van der Waals surface area (Å²) in [6, 6.07) is 7.99. The van der Waals surface area contributed by atoms with Crippen molar-refractivity contribution in [2.45, 2.75) is 26.4 Å². The van der Waals surface area contributed by atoms with Crippen LogP contribution in [0.4, 0.5) is 0 Å². The number of benzene rings is 1. The zero-order chi connectivity index (χ0) is 14.3. The fourth-order valence-corrected chi connectivity index (χ4v) is 2.48. The van der Waals surface area contributed by atoms with Gasteiger partial charge in [0.2, 0.25) is 0 Å². The normalized spacial score (nSPS) is 11.6. The Morgan fingerprint density at radius 1 is 1.20 bits per heavy atom. The second kappa shape index (κ2) is 4.63. The van der Waals surface area contributed by atoms with Crippen molar-refractivity contribution in [2.24, 2.45) is 7.05 Å². The lowest BCUT2D eigenvalue weighted by Crippen LogP contribution is -2.24. The zero-order valence-electron chi connectivity index (χ0n) is 11.8. The van der Waals surface area contributed by atoms with Gasteiger partial charge in [0.05, 0.1) is 17.6 Å². The van der Waals surface area contributed by atoms with Crippen molar-refractivity contribution in [2.75, 3.05) is 0 Å². The van der Waals surface area contributed by atoms with E-state index >= 15 is 0 Å². The molecule has 0 aliphatic heterocycles. The molecule has 0 saturated carbocycles. The molecule has 0 spiro atoms. The van der Waals surface area contributed by atoms with E-state index in [1.165, 1.54) is 6.33 Å². The van der Waals surface area contributed by atoms with Crippen molar-refractivity contribution in [1.29, 1.82) is 0 Å². The van der Waals surface area contributed by atoms with Gasteiger partial charge in [-0.25, -0.2) is 14.5 Å². The Morgan fingerprint density at radius 3 is 2.60 bits per heavy atom. The summed E-state index contributed by atoms with van der Waals surface area (Å²) in [5.41, 5.74) is 1.80. The molecule has 104 valence electrons. The van der Waals surface area contributed by atoms with Crippen LogP contribution in [-0.2, 0) is 13.6 Å². The zero-order valence-corrected chi connectivity index (χ0v) is 11.8. The van der Waals surface area contributed by atoms with Crippen LogP contribution in [0, 0.1) is 0 Å². The number of aryl methyl sites for hydroxylation is 1. The highest BCUT2D eigenvalue weighted by Crippen LogP contribution is 2.13. The van der Waals surface area contributed by atoms with Crippen molar-refractivity contribution in [1.82, 2.24) is 23.9 Å². The third-order valence-corrected chi connectivity index (χ3v) is 3.49. The van der Waals surface area contributed by atoms with Gasteiger partial charge in [0.25, 0.3) is 0 Å². The van der Waals surface area contributed by atoms with Gasteiger partial charge in [-0.3, -0.25) is 9.13 Å². The molecule has 3 rings (SSSR count). The summed E-state index contributed by atoms with van der Waals surface area (Å²) in [7, 11) is 1.79. The van der Waals surface area contributed by atoms with Gasteiger partial charge in [0.1, 0.15) is 12.2 Å². The molecule has 6 heteroatoms. The molecular weight excluding hydrogens is 254 g/mol. The van der Waals surface area contributed by atoms with Crippen LogP contribution >= 0.6 is 0 Å². The maximum Gasteiger partial charge on any atom is 0.329 e. The first kappa shape index (κ1) is 12.7. The lowest BCUT2D eigenvalue weighted by Gasteiger charge is -2.09. The van der Waals surface area contributed by atoms with E-state index in [0.717, 1.165) is 16.9 Å². The Kier molecular flexibility index (Phi) is 2.93. The van der Waals surface area contributed by atoms with E-state index in [1.807, 2.05) is 42.8 Å². The topological polar surface area (TPSA) is 57.6 Å². The molecule has 0 N–H and O–H groups in total. The van der Waals surface area contributed by atoms with Crippen LogP contribution in [0.5, 0.6) is 0 Å². The lowest BCUT2D eigenvalue weighted by molar-refractivity contribution is 0.495. The SMILES string of the molecule is CC(C)n1ncnc1Cn1c(=O)n(C)c2ccccc21. The summed E-state index contributed by atoms with van der Waals surface area (Å²) in [6.45, 7) is 4.52. The maximum atomic E-state index is 12.4. The molecule has 0 radical (unpaired) electrons. The van der Waals surface area contributed by atoms with Crippen LogP contribution < -0.4 is 5.69 Å². The Labute approximate surface area is 116 Å². The highest BCUT2D eigenvalue weighted by atomic mass is 16.1. The monoisotopic (exact) mass is 271 g/mol.